The van der Waals surface area contributed by atoms with Gasteiger partial charge in [-0.25, -0.2) is 0 Å². The molecule has 0 aliphatic carbocycles. The van der Waals surface area contributed by atoms with E-state index in [9.17, 15) is 5.11 Å². The van der Waals surface area contributed by atoms with Crippen molar-refractivity contribution in [1.82, 2.24) is 5.32 Å². The summed E-state index contributed by atoms with van der Waals surface area (Å²) in [5.41, 5.74) is 5.02. The molecule has 0 fully saturated rings. The second-order valence-corrected chi connectivity index (χ2v) is 5.50. The van der Waals surface area contributed by atoms with E-state index in [4.69, 9.17) is 10.8 Å². The molecule has 0 bridgehead atoms. The van der Waals surface area contributed by atoms with Crippen molar-refractivity contribution in [2.45, 2.75) is 70.6 Å². The molecule has 17 heavy (non-hydrogen) atoms. The van der Waals surface area contributed by atoms with Gasteiger partial charge < -0.3 is 21.3 Å². The molecule has 0 aromatic rings. The maximum Gasteiger partial charge on any atom is 0.0744 e. The Labute approximate surface area is 106 Å². The van der Waals surface area contributed by atoms with Crippen LogP contribution < -0.4 is 11.1 Å². The quantitative estimate of drug-likeness (QED) is 0.434. The number of aliphatic hydroxyl groups excluding tert-OH is 1. The highest BCUT2D eigenvalue weighted by Gasteiger charge is 2.25. The van der Waals surface area contributed by atoms with Crippen molar-refractivity contribution < 1.29 is 10.2 Å². The standard InChI is InChI=1S/C13H30N2O2/c1-11(14)7-8-12(13(2,3)17)15-9-5-4-6-10-16/h11-12,15-17H,4-10,14H2,1-3H3. The van der Waals surface area contributed by atoms with E-state index in [-0.39, 0.29) is 18.7 Å². The number of hydrogen-bond acceptors (Lipinski definition) is 4. The second kappa shape index (κ2) is 8.86. The Morgan fingerprint density at radius 2 is 1.82 bits per heavy atom. The molecule has 4 heteroatoms. The molecule has 4 nitrogen and oxygen atoms in total. The zero-order valence-corrected chi connectivity index (χ0v) is 11.6. The van der Waals surface area contributed by atoms with Crippen molar-refractivity contribution in [3.63, 3.8) is 0 Å². The van der Waals surface area contributed by atoms with E-state index >= 15 is 0 Å². The fourth-order valence-corrected chi connectivity index (χ4v) is 1.82. The van der Waals surface area contributed by atoms with Gasteiger partial charge in [0.1, 0.15) is 0 Å². The first-order chi connectivity index (χ1) is 7.88. The number of aliphatic hydroxyl groups is 2. The molecule has 0 radical (unpaired) electrons. The van der Waals surface area contributed by atoms with Gasteiger partial charge in [-0.2, -0.15) is 0 Å². The Bertz CT molecular complexity index is 179. The van der Waals surface area contributed by atoms with Gasteiger partial charge in [0.2, 0.25) is 0 Å². The average molecular weight is 246 g/mol. The SMILES string of the molecule is CC(N)CCC(NCCCCCO)C(C)(C)O. The van der Waals surface area contributed by atoms with Crippen LogP contribution in [-0.2, 0) is 0 Å². The third-order valence-corrected chi connectivity index (χ3v) is 2.99. The van der Waals surface area contributed by atoms with Crippen LogP contribution in [0.4, 0.5) is 0 Å². The molecule has 0 aliphatic rings. The van der Waals surface area contributed by atoms with E-state index in [0.717, 1.165) is 38.6 Å². The Morgan fingerprint density at radius 1 is 1.18 bits per heavy atom. The first kappa shape index (κ1) is 16.8. The molecule has 104 valence electrons. The lowest BCUT2D eigenvalue weighted by Crippen LogP contribution is -2.47. The van der Waals surface area contributed by atoms with Crippen LogP contribution in [0.15, 0.2) is 0 Å². The van der Waals surface area contributed by atoms with E-state index in [1.54, 1.807) is 0 Å². The summed E-state index contributed by atoms with van der Waals surface area (Å²) in [6.45, 7) is 6.80. The fraction of sp³-hybridized carbons (Fsp3) is 1.00. The summed E-state index contributed by atoms with van der Waals surface area (Å²) in [7, 11) is 0. The summed E-state index contributed by atoms with van der Waals surface area (Å²) in [4.78, 5) is 0. The molecular formula is C13H30N2O2. The molecule has 5 N–H and O–H groups in total. The van der Waals surface area contributed by atoms with E-state index in [1.807, 2.05) is 20.8 Å². The maximum atomic E-state index is 10.0. The highest BCUT2D eigenvalue weighted by molar-refractivity contribution is 4.84. The maximum absolute atomic E-state index is 10.0. The number of rotatable bonds is 10. The van der Waals surface area contributed by atoms with Gasteiger partial charge in [-0.05, 0) is 59.4 Å². The van der Waals surface area contributed by atoms with E-state index in [1.165, 1.54) is 0 Å². The van der Waals surface area contributed by atoms with Crippen LogP contribution in [0.3, 0.4) is 0 Å². The van der Waals surface area contributed by atoms with Gasteiger partial charge in [-0.3, -0.25) is 0 Å². The molecule has 0 aromatic heterocycles. The van der Waals surface area contributed by atoms with Crippen LogP contribution in [-0.4, -0.2) is 41.0 Å². The molecule has 0 heterocycles. The Balaban J connectivity index is 3.87. The van der Waals surface area contributed by atoms with E-state index < -0.39 is 5.60 Å². The topological polar surface area (TPSA) is 78.5 Å². The predicted molar refractivity (Wildman–Crippen MR) is 71.9 cm³/mol. The molecule has 0 saturated carbocycles. The Morgan fingerprint density at radius 3 is 2.29 bits per heavy atom. The third kappa shape index (κ3) is 9.53. The minimum absolute atomic E-state index is 0.0858. The summed E-state index contributed by atoms with van der Waals surface area (Å²) in [6, 6.07) is 0.263. The lowest BCUT2D eigenvalue weighted by molar-refractivity contribution is 0.0331. The van der Waals surface area contributed by atoms with Crippen LogP contribution in [0.2, 0.25) is 0 Å². The summed E-state index contributed by atoms with van der Waals surface area (Å²) < 4.78 is 0. The molecule has 0 saturated heterocycles. The minimum atomic E-state index is -0.716. The van der Waals surface area contributed by atoms with Crippen molar-refractivity contribution in [3.05, 3.63) is 0 Å². The third-order valence-electron chi connectivity index (χ3n) is 2.99. The molecule has 0 aromatic carbocycles. The van der Waals surface area contributed by atoms with Gasteiger partial charge >= 0.3 is 0 Å². The normalized spacial score (nSPS) is 15.9. The van der Waals surface area contributed by atoms with E-state index in [0.29, 0.717) is 0 Å². The summed E-state index contributed by atoms with van der Waals surface area (Å²) in [5.74, 6) is 0. The van der Waals surface area contributed by atoms with Crippen LogP contribution >= 0.6 is 0 Å². The van der Waals surface area contributed by atoms with Crippen molar-refractivity contribution in [2.75, 3.05) is 13.2 Å². The molecule has 0 aliphatic heterocycles. The summed E-state index contributed by atoms with van der Waals surface area (Å²) >= 11 is 0. The molecular weight excluding hydrogens is 216 g/mol. The van der Waals surface area contributed by atoms with Gasteiger partial charge in [0.15, 0.2) is 0 Å². The summed E-state index contributed by atoms with van der Waals surface area (Å²) in [5, 5.41) is 22.1. The van der Waals surface area contributed by atoms with Crippen LogP contribution in [0.1, 0.15) is 52.9 Å². The first-order valence-corrected chi connectivity index (χ1v) is 6.70. The largest absolute Gasteiger partial charge is 0.396 e. The van der Waals surface area contributed by atoms with Crippen molar-refractivity contribution >= 4 is 0 Å². The van der Waals surface area contributed by atoms with Gasteiger partial charge in [0.05, 0.1) is 5.60 Å². The second-order valence-electron chi connectivity index (χ2n) is 5.50. The van der Waals surface area contributed by atoms with Crippen molar-refractivity contribution in [2.24, 2.45) is 5.73 Å². The number of hydrogen-bond donors (Lipinski definition) is 4. The average Bonchev–Trinajstić information content (AvgIpc) is 2.19. The first-order valence-electron chi connectivity index (χ1n) is 6.70. The summed E-state index contributed by atoms with van der Waals surface area (Å²) in [6.07, 6.45) is 4.72. The zero-order valence-electron chi connectivity index (χ0n) is 11.6. The monoisotopic (exact) mass is 246 g/mol. The van der Waals surface area contributed by atoms with Gasteiger partial charge in [-0.15, -0.1) is 0 Å². The number of unbranched alkanes of at least 4 members (excludes halogenated alkanes) is 2. The Hall–Kier alpha value is -0.160. The molecule has 0 rings (SSSR count). The molecule has 0 amide bonds. The number of nitrogens with one attached hydrogen (secondary N) is 1. The fourth-order valence-electron chi connectivity index (χ4n) is 1.82. The lowest BCUT2D eigenvalue weighted by atomic mass is 9.93. The van der Waals surface area contributed by atoms with Crippen LogP contribution in [0.5, 0.6) is 0 Å². The van der Waals surface area contributed by atoms with Crippen molar-refractivity contribution in [3.8, 4) is 0 Å². The molecule has 2 unspecified atom stereocenters. The predicted octanol–water partition coefficient (Wildman–Crippen LogP) is 1.01. The minimum Gasteiger partial charge on any atom is -0.396 e. The smallest absolute Gasteiger partial charge is 0.0744 e. The van der Waals surface area contributed by atoms with Gasteiger partial charge in [0, 0.05) is 18.7 Å². The highest BCUT2D eigenvalue weighted by Crippen LogP contribution is 2.14. The van der Waals surface area contributed by atoms with Gasteiger partial charge in [-0.1, -0.05) is 0 Å². The van der Waals surface area contributed by atoms with Crippen LogP contribution in [0.25, 0.3) is 0 Å². The van der Waals surface area contributed by atoms with Gasteiger partial charge in [0.25, 0.3) is 0 Å². The zero-order chi connectivity index (χ0) is 13.3. The molecule has 0 spiro atoms. The van der Waals surface area contributed by atoms with Crippen molar-refractivity contribution in [1.29, 1.82) is 0 Å². The van der Waals surface area contributed by atoms with E-state index in [2.05, 4.69) is 5.32 Å². The van der Waals surface area contributed by atoms with Crippen LogP contribution in [0, 0.1) is 0 Å². The number of nitrogens with two attached hydrogens (primary N) is 1. The Kier molecular flexibility index (Phi) is 8.78. The lowest BCUT2D eigenvalue weighted by Gasteiger charge is -2.31. The highest BCUT2D eigenvalue weighted by atomic mass is 16.3. The molecule has 2 atom stereocenters.